The molecule has 3 aromatic carbocycles. The van der Waals surface area contributed by atoms with Crippen LogP contribution in [0.15, 0.2) is 67.0 Å². The van der Waals surface area contributed by atoms with Crippen LogP contribution in [0.2, 0.25) is 0 Å². The van der Waals surface area contributed by atoms with E-state index in [0.717, 1.165) is 23.8 Å². The van der Waals surface area contributed by atoms with E-state index in [-0.39, 0.29) is 29.1 Å². The standard InChI is InChI=1S/C34H36FN5O4S/c1-40-18-23-12-22(13-24(23)19-40)10-11-43-31-17-28-26(16-30(31)42-2)33(37-20-36-28)44-29-9-8-25(15-27(29)35)38-34(45)39-32(41)14-21-6-4-3-5-7-21/h3-9,15-17,20,22-24H,10-14,18-19H2,1-2H3,(H2,38,39,41,45). The fourth-order valence-electron chi connectivity index (χ4n) is 6.51. The molecule has 1 saturated heterocycles. The van der Waals surface area contributed by atoms with E-state index in [2.05, 4.69) is 32.5 Å². The van der Waals surface area contributed by atoms with Crippen molar-refractivity contribution in [3.05, 3.63) is 78.4 Å². The summed E-state index contributed by atoms with van der Waals surface area (Å²) in [6, 6.07) is 17.2. The van der Waals surface area contributed by atoms with Crippen LogP contribution in [-0.4, -0.2) is 59.7 Å². The summed E-state index contributed by atoms with van der Waals surface area (Å²) in [7, 11) is 3.79. The fourth-order valence-corrected chi connectivity index (χ4v) is 6.74. The first kappa shape index (κ1) is 30.7. The molecule has 11 heteroatoms. The number of carbonyl (C=O) groups excluding carboxylic acids is 1. The molecule has 2 atom stereocenters. The summed E-state index contributed by atoms with van der Waals surface area (Å²) in [5.74, 6) is 2.67. The molecule has 2 heterocycles. The van der Waals surface area contributed by atoms with Crippen LogP contribution in [0.25, 0.3) is 10.9 Å². The monoisotopic (exact) mass is 629 g/mol. The zero-order chi connectivity index (χ0) is 31.3. The number of methoxy groups -OCH3 is 1. The Morgan fingerprint density at radius 1 is 1.02 bits per heavy atom. The van der Waals surface area contributed by atoms with E-state index < -0.39 is 5.82 Å². The number of hydrogen-bond donors (Lipinski definition) is 2. The van der Waals surface area contributed by atoms with Crippen molar-refractivity contribution in [2.24, 2.45) is 17.8 Å². The van der Waals surface area contributed by atoms with Gasteiger partial charge in [0.2, 0.25) is 11.8 Å². The second kappa shape index (κ2) is 13.7. The van der Waals surface area contributed by atoms with Crippen LogP contribution in [0.4, 0.5) is 10.1 Å². The molecule has 45 heavy (non-hydrogen) atoms. The maximum absolute atomic E-state index is 15.1. The molecule has 4 aromatic rings. The number of amides is 1. The van der Waals surface area contributed by atoms with Crippen molar-refractivity contribution in [2.45, 2.75) is 25.7 Å². The largest absolute Gasteiger partial charge is 0.493 e. The van der Waals surface area contributed by atoms with Gasteiger partial charge in [0.1, 0.15) is 6.33 Å². The van der Waals surface area contributed by atoms with Gasteiger partial charge in [-0.25, -0.2) is 14.4 Å². The normalized spacial score (nSPS) is 19.2. The number of rotatable bonds is 10. The number of thiocarbonyl (C=S) groups is 1. The summed E-state index contributed by atoms with van der Waals surface area (Å²) in [6.45, 7) is 3.01. The van der Waals surface area contributed by atoms with Gasteiger partial charge < -0.3 is 29.7 Å². The number of nitrogens with one attached hydrogen (secondary N) is 2. The molecule has 1 aliphatic heterocycles. The third kappa shape index (κ3) is 7.49. The number of ether oxygens (including phenoxy) is 3. The first-order chi connectivity index (χ1) is 21.8. The Morgan fingerprint density at radius 3 is 2.53 bits per heavy atom. The van der Waals surface area contributed by atoms with Gasteiger partial charge in [-0.2, -0.15) is 0 Å². The summed E-state index contributed by atoms with van der Waals surface area (Å²) in [5, 5.41) is 6.06. The van der Waals surface area contributed by atoms with Crippen molar-refractivity contribution < 1.29 is 23.4 Å². The number of nitrogens with zero attached hydrogens (tertiary/aromatic N) is 3. The molecule has 2 fully saturated rings. The number of likely N-dealkylation sites (tertiary alicyclic amines) is 1. The van der Waals surface area contributed by atoms with E-state index in [1.54, 1.807) is 25.3 Å². The van der Waals surface area contributed by atoms with Crippen molar-refractivity contribution in [3.8, 4) is 23.1 Å². The minimum absolute atomic E-state index is 0.0357. The quantitative estimate of drug-likeness (QED) is 0.205. The van der Waals surface area contributed by atoms with Crippen molar-refractivity contribution >= 4 is 39.8 Å². The summed E-state index contributed by atoms with van der Waals surface area (Å²) < 4.78 is 32.8. The van der Waals surface area contributed by atoms with Gasteiger partial charge in [0.25, 0.3) is 0 Å². The van der Waals surface area contributed by atoms with Gasteiger partial charge >= 0.3 is 0 Å². The number of aromatic nitrogens is 2. The maximum atomic E-state index is 15.1. The van der Waals surface area contributed by atoms with Gasteiger partial charge in [0.15, 0.2) is 28.2 Å². The number of carbonyl (C=O) groups is 1. The Morgan fingerprint density at radius 2 is 1.80 bits per heavy atom. The summed E-state index contributed by atoms with van der Waals surface area (Å²) in [4.78, 5) is 23.4. The molecule has 1 aromatic heterocycles. The predicted octanol–water partition coefficient (Wildman–Crippen LogP) is 5.98. The number of anilines is 1. The highest BCUT2D eigenvalue weighted by Gasteiger charge is 2.39. The molecule has 234 valence electrons. The van der Waals surface area contributed by atoms with Gasteiger partial charge in [0, 0.05) is 30.9 Å². The molecule has 1 saturated carbocycles. The Kier molecular flexibility index (Phi) is 9.37. The molecule has 6 rings (SSSR count). The third-order valence-electron chi connectivity index (χ3n) is 8.56. The Labute approximate surface area is 267 Å². The van der Waals surface area contributed by atoms with E-state index in [1.807, 2.05) is 30.3 Å². The molecule has 2 N–H and O–H groups in total. The SMILES string of the molecule is COc1cc2c(Oc3ccc(NC(=S)NC(=O)Cc4ccccc4)cc3F)ncnc2cc1OCCC1CC2CN(C)CC2C1. The van der Waals surface area contributed by atoms with Crippen LogP contribution >= 0.6 is 12.2 Å². The lowest BCUT2D eigenvalue weighted by atomic mass is 10.0. The number of benzene rings is 3. The van der Waals surface area contributed by atoms with Crippen molar-refractivity contribution in [2.75, 3.05) is 39.2 Å². The van der Waals surface area contributed by atoms with Crippen LogP contribution in [0.1, 0.15) is 24.8 Å². The number of fused-ring (bicyclic) bond motifs is 2. The predicted molar refractivity (Wildman–Crippen MR) is 174 cm³/mol. The van der Waals surface area contributed by atoms with E-state index in [1.165, 1.54) is 44.4 Å². The third-order valence-corrected chi connectivity index (χ3v) is 8.76. The van der Waals surface area contributed by atoms with Crippen LogP contribution in [-0.2, 0) is 11.2 Å². The van der Waals surface area contributed by atoms with Crippen molar-refractivity contribution in [3.63, 3.8) is 0 Å². The molecule has 1 amide bonds. The summed E-state index contributed by atoms with van der Waals surface area (Å²) >= 11 is 5.23. The van der Waals surface area contributed by atoms with Crippen LogP contribution in [0.3, 0.4) is 0 Å². The highest BCUT2D eigenvalue weighted by Crippen LogP contribution is 2.43. The van der Waals surface area contributed by atoms with E-state index in [9.17, 15) is 4.79 Å². The number of halogens is 1. The lowest BCUT2D eigenvalue weighted by Crippen LogP contribution is -2.35. The molecule has 2 aliphatic rings. The van der Waals surface area contributed by atoms with E-state index >= 15 is 4.39 Å². The smallest absolute Gasteiger partial charge is 0.230 e. The topological polar surface area (TPSA) is 97.8 Å². The lowest BCUT2D eigenvalue weighted by Gasteiger charge is -2.16. The molecular weight excluding hydrogens is 593 g/mol. The Bertz CT molecular complexity index is 1680. The molecule has 0 bridgehead atoms. The summed E-state index contributed by atoms with van der Waals surface area (Å²) in [5.41, 5.74) is 1.80. The van der Waals surface area contributed by atoms with Gasteiger partial charge in [-0.3, -0.25) is 4.79 Å². The summed E-state index contributed by atoms with van der Waals surface area (Å²) in [6.07, 6.45) is 5.09. The van der Waals surface area contributed by atoms with Crippen LogP contribution < -0.4 is 24.8 Å². The van der Waals surface area contributed by atoms with Crippen molar-refractivity contribution in [1.82, 2.24) is 20.2 Å². The minimum atomic E-state index is -0.639. The van der Waals surface area contributed by atoms with Gasteiger partial charge in [-0.05, 0) is 80.0 Å². The van der Waals surface area contributed by atoms with E-state index in [0.29, 0.717) is 40.6 Å². The van der Waals surface area contributed by atoms with Crippen LogP contribution in [0, 0.1) is 23.6 Å². The van der Waals surface area contributed by atoms with Crippen LogP contribution in [0.5, 0.6) is 23.1 Å². The average Bonchev–Trinajstić information content (AvgIpc) is 3.55. The Balaban J connectivity index is 1.07. The highest BCUT2D eigenvalue weighted by atomic mass is 32.1. The van der Waals surface area contributed by atoms with Crippen molar-refractivity contribution in [1.29, 1.82) is 0 Å². The van der Waals surface area contributed by atoms with Gasteiger partial charge in [-0.15, -0.1) is 0 Å². The lowest BCUT2D eigenvalue weighted by molar-refractivity contribution is -0.119. The maximum Gasteiger partial charge on any atom is 0.230 e. The zero-order valence-corrected chi connectivity index (χ0v) is 26.1. The zero-order valence-electron chi connectivity index (χ0n) is 25.3. The van der Waals surface area contributed by atoms with E-state index in [4.69, 9.17) is 26.4 Å². The fraction of sp³-hybridized carbons (Fsp3) is 0.353. The molecule has 0 radical (unpaired) electrons. The first-order valence-corrected chi connectivity index (χ1v) is 15.5. The molecule has 1 aliphatic carbocycles. The molecule has 0 spiro atoms. The second-order valence-corrected chi connectivity index (χ2v) is 12.2. The van der Waals surface area contributed by atoms with Gasteiger partial charge in [0.05, 0.1) is 31.0 Å². The minimum Gasteiger partial charge on any atom is -0.493 e. The Hall–Kier alpha value is -4.35. The highest BCUT2D eigenvalue weighted by molar-refractivity contribution is 7.80. The molecule has 2 unspecified atom stereocenters. The molecule has 9 nitrogen and oxygen atoms in total. The first-order valence-electron chi connectivity index (χ1n) is 15.1. The number of hydrogen-bond acceptors (Lipinski definition) is 8. The molecular formula is C34H36FN5O4S. The average molecular weight is 630 g/mol. The van der Waals surface area contributed by atoms with Gasteiger partial charge in [-0.1, -0.05) is 30.3 Å². The second-order valence-electron chi connectivity index (χ2n) is 11.8.